The van der Waals surface area contributed by atoms with Crippen LogP contribution in [0.5, 0.6) is 0 Å². The fourth-order valence-corrected chi connectivity index (χ4v) is 2.73. The molecule has 1 aliphatic heterocycles. The molecule has 4 nitrogen and oxygen atoms in total. The molecule has 0 aromatic carbocycles. The van der Waals surface area contributed by atoms with E-state index in [9.17, 15) is 0 Å². The standard InChI is InChI=1S/C14H24N2O2/c1-15-8-14-13(5-7-18-14)10-16-6-3-4-12(9-16)11-17-2/h5,7,12,15H,3-4,6,8-11H2,1-2H3. The molecule has 1 saturated heterocycles. The van der Waals surface area contributed by atoms with Crippen molar-refractivity contribution in [1.29, 1.82) is 0 Å². The number of furan rings is 1. The van der Waals surface area contributed by atoms with Gasteiger partial charge < -0.3 is 14.5 Å². The SMILES string of the molecule is CNCc1occc1CN1CCCC(COC)C1. The molecule has 1 aromatic heterocycles. The predicted molar refractivity (Wildman–Crippen MR) is 71.3 cm³/mol. The second kappa shape index (κ2) is 6.92. The van der Waals surface area contributed by atoms with Crippen molar-refractivity contribution in [3.63, 3.8) is 0 Å². The Hall–Kier alpha value is -0.840. The van der Waals surface area contributed by atoms with Crippen LogP contribution in [-0.4, -0.2) is 38.8 Å². The maximum absolute atomic E-state index is 5.51. The Morgan fingerprint density at radius 1 is 1.56 bits per heavy atom. The highest BCUT2D eigenvalue weighted by molar-refractivity contribution is 5.16. The Morgan fingerprint density at radius 2 is 2.44 bits per heavy atom. The molecule has 2 rings (SSSR count). The van der Waals surface area contributed by atoms with Gasteiger partial charge in [0, 0.05) is 25.8 Å². The van der Waals surface area contributed by atoms with Crippen LogP contribution in [0.3, 0.4) is 0 Å². The van der Waals surface area contributed by atoms with E-state index in [1.807, 2.05) is 7.05 Å². The number of hydrogen-bond donors (Lipinski definition) is 1. The molecule has 1 unspecified atom stereocenters. The van der Waals surface area contributed by atoms with Crippen LogP contribution >= 0.6 is 0 Å². The topological polar surface area (TPSA) is 37.6 Å². The molecule has 1 N–H and O–H groups in total. The van der Waals surface area contributed by atoms with Crippen LogP contribution in [0, 0.1) is 5.92 Å². The largest absolute Gasteiger partial charge is 0.468 e. The number of likely N-dealkylation sites (tertiary alicyclic amines) is 1. The number of methoxy groups -OCH3 is 1. The lowest BCUT2D eigenvalue weighted by Crippen LogP contribution is -2.36. The average Bonchev–Trinajstić information content (AvgIpc) is 2.78. The van der Waals surface area contributed by atoms with Gasteiger partial charge in [0.05, 0.1) is 19.4 Å². The van der Waals surface area contributed by atoms with E-state index in [4.69, 9.17) is 9.15 Å². The van der Waals surface area contributed by atoms with Crippen molar-refractivity contribution >= 4 is 0 Å². The van der Waals surface area contributed by atoms with E-state index in [2.05, 4.69) is 16.3 Å². The van der Waals surface area contributed by atoms with Gasteiger partial charge in [-0.1, -0.05) is 0 Å². The van der Waals surface area contributed by atoms with Gasteiger partial charge >= 0.3 is 0 Å². The van der Waals surface area contributed by atoms with Crippen LogP contribution < -0.4 is 5.32 Å². The zero-order chi connectivity index (χ0) is 12.8. The molecular formula is C14H24N2O2. The van der Waals surface area contributed by atoms with E-state index >= 15 is 0 Å². The fourth-order valence-electron chi connectivity index (χ4n) is 2.73. The van der Waals surface area contributed by atoms with Crippen molar-refractivity contribution in [3.8, 4) is 0 Å². The Labute approximate surface area is 109 Å². The first kappa shape index (κ1) is 13.6. The van der Waals surface area contributed by atoms with Crippen molar-refractivity contribution < 1.29 is 9.15 Å². The Bertz CT molecular complexity index is 349. The first-order valence-corrected chi connectivity index (χ1v) is 6.74. The summed E-state index contributed by atoms with van der Waals surface area (Å²) in [6.07, 6.45) is 4.35. The summed E-state index contributed by atoms with van der Waals surface area (Å²) in [6.45, 7) is 5.00. The predicted octanol–water partition coefficient (Wildman–Crippen LogP) is 1.86. The highest BCUT2D eigenvalue weighted by Crippen LogP contribution is 2.20. The summed E-state index contributed by atoms with van der Waals surface area (Å²) in [5, 5.41) is 3.14. The lowest BCUT2D eigenvalue weighted by Gasteiger charge is -2.32. The fraction of sp³-hybridized carbons (Fsp3) is 0.714. The molecule has 0 radical (unpaired) electrons. The number of piperidine rings is 1. The third-order valence-electron chi connectivity index (χ3n) is 3.57. The van der Waals surface area contributed by atoms with Gasteiger partial charge in [-0.3, -0.25) is 4.90 Å². The molecule has 0 amide bonds. The number of nitrogens with zero attached hydrogens (tertiary/aromatic N) is 1. The lowest BCUT2D eigenvalue weighted by molar-refractivity contribution is 0.0871. The van der Waals surface area contributed by atoms with Crippen molar-refractivity contribution in [2.45, 2.75) is 25.9 Å². The Balaban J connectivity index is 1.89. The van der Waals surface area contributed by atoms with Gasteiger partial charge in [-0.2, -0.15) is 0 Å². The summed E-state index contributed by atoms with van der Waals surface area (Å²) < 4.78 is 10.8. The summed E-state index contributed by atoms with van der Waals surface area (Å²) in [7, 11) is 3.74. The van der Waals surface area contributed by atoms with Crippen LogP contribution in [0.2, 0.25) is 0 Å². The van der Waals surface area contributed by atoms with Gasteiger partial charge in [0.15, 0.2) is 0 Å². The third kappa shape index (κ3) is 3.57. The number of hydrogen-bond acceptors (Lipinski definition) is 4. The first-order valence-electron chi connectivity index (χ1n) is 6.74. The minimum Gasteiger partial charge on any atom is -0.468 e. The molecule has 0 saturated carbocycles. The smallest absolute Gasteiger partial charge is 0.122 e. The van der Waals surface area contributed by atoms with Crippen LogP contribution in [0.4, 0.5) is 0 Å². The first-order chi connectivity index (χ1) is 8.83. The van der Waals surface area contributed by atoms with Gasteiger partial charge in [0.1, 0.15) is 5.76 Å². The summed E-state index contributed by atoms with van der Waals surface area (Å²) in [5.74, 6) is 1.75. The zero-order valence-corrected chi connectivity index (χ0v) is 11.4. The minimum absolute atomic E-state index is 0.684. The van der Waals surface area contributed by atoms with Crippen LogP contribution in [-0.2, 0) is 17.8 Å². The van der Waals surface area contributed by atoms with Crippen molar-refractivity contribution in [1.82, 2.24) is 10.2 Å². The van der Waals surface area contributed by atoms with E-state index in [0.717, 1.165) is 32.0 Å². The molecule has 4 heteroatoms. The van der Waals surface area contributed by atoms with Gasteiger partial charge in [-0.25, -0.2) is 0 Å². The zero-order valence-electron chi connectivity index (χ0n) is 11.4. The maximum atomic E-state index is 5.51. The van der Waals surface area contributed by atoms with Gasteiger partial charge in [0.25, 0.3) is 0 Å². The molecular weight excluding hydrogens is 228 g/mol. The van der Waals surface area contributed by atoms with E-state index < -0.39 is 0 Å². The van der Waals surface area contributed by atoms with Crippen LogP contribution in [0.1, 0.15) is 24.2 Å². The van der Waals surface area contributed by atoms with Crippen molar-refractivity contribution in [2.24, 2.45) is 5.92 Å². The molecule has 0 bridgehead atoms. The van der Waals surface area contributed by atoms with E-state index in [1.165, 1.54) is 24.9 Å². The highest BCUT2D eigenvalue weighted by atomic mass is 16.5. The molecule has 1 aromatic rings. The molecule has 0 spiro atoms. The van der Waals surface area contributed by atoms with E-state index in [-0.39, 0.29) is 0 Å². The van der Waals surface area contributed by atoms with Crippen molar-refractivity contribution in [2.75, 3.05) is 33.9 Å². The summed E-state index contributed by atoms with van der Waals surface area (Å²) in [4.78, 5) is 2.51. The third-order valence-corrected chi connectivity index (χ3v) is 3.57. The molecule has 102 valence electrons. The molecule has 2 heterocycles. The second-order valence-electron chi connectivity index (χ2n) is 5.10. The minimum atomic E-state index is 0.684. The van der Waals surface area contributed by atoms with Crippen molar-refractivity contribution in [3.05, 3.63) is 23.7 Å². The lowest BCUT2D eigenvalue weighted by atomic mass is 9.98. The highest BCUT2D eigenvalue weighted by Gasteiger charge is 2.20. The van der Waals surface area contributed by atoms with Gasteiger partial charge in [-0.05, 0) is 38.4 Å². The summed E-state index contributed by atoms with van der Waals surface area (Å²) >= 11 is 0. The van der Waals surface area contributed by atoms with E-state index in [1.54, 1.807) is 13.4 Å². The second-order valence-corrected chi connectivity index (χ2v) is 5.10. The number of ether oxygens (including phenoxy) is 1. The van der Waals surface area contributed by atoms with Gasteiger partial charge in [-0.15, -0.1) is 0 Å². The summed E-state index contributed by atoms with van der Waals surface area (Å²) in [5.41, 5.74) is 1.31. The average molecular weight is 252 g/mol. The van der Waals surface area contributed by atoms with E-state index in [0.29, 0.717) is 5.92 Å². The Kier molecular flexibility index (Phi) is 5.23. The quantitative estimate of drug-likeness (QED) is 0.838. The molecule has 18 heavy (non-hydrogen) atoms. The maximum Gasteiger partial charge on any atom is 0.122 e. The normalized spacial score (nSPS) is 21.3. The molecule has 1 aliphatic rings. The molecule has 0 aliphatic carbocycles. The van der Waals surface area contributed by atoms with Crippen LogP contribution in [0.15, 0.2) is 16.7 Å². The monoisotopic (exact) mass is 252 g/mol. The number of nitrogens with one attached hydrogen (secondary N) is 1. The van der Waals surface area contributed by atoms with Gasteiger partial charge in [0.2, 0.25) is 0 Å². The van der Waals surface area contributed by atoms with Crippen LogP contribution in [0.25, 0.3) is 0 Å². The number of rotatable bonds is 6. The molecule has 1 atom stereocenters. The Morgan fingerprint density at radius 3 is 3.22 bits per heavy atom. The molecule has 1 fully saturated rings. The summed E-state index contributed by atoms with van der Waals surface area (Å²) in [6, 6.07) is 2.09.